The van der Waals surface area contributed by atoms with E-state index in [-0.39, 0.29) is 5.82 Å². The smallest absolute Gasteiger partial charge is 0.131 e. The van der Waals surface area contributed by atoms with E-state index in [0.717, 1.165) is 6.42 Å². The topological polar surface area (TPSA) is 21.3 Å². The Bertz CT molecular complexity index is 368. The van der Waals surface area contributed by atoms with E-state index >= 15 is 0 Å². The van der Waals surface area contributed by atoms with E-state index in [1.165, 1.54) is 31.7 Å². The summed E-state index contributed by atoms with van der Waals surface area (Å²) in [6.07, 6.45) is 6.25. The molecule has 0 aliphatic heterocycles. The third kappa shape index (κ3) is 6.06. The van der Waals surface area contributed by atoms with Gasteiger partial charge in [0.2, 0.25) is 0 Å². The molecule has 19 heavy (non-hydrogen) atoms. The number of unbranched alkanes of at least 4 members (excludes halogenated alkanes) is 3. The Kier molecular flexibility index (Phi) is 7.49. The SMILES string of the molecule is CCCCCCC(C)NCc1ccc(OC)cc1F. The molecule has 1 aromatic rings. The first kappa shape index (κ1) is 16.0. The monoisotopic (exact) mass is 267 g/mol. The molecular weight excluding hydrogens is 241 g/mol. The summed E-state index contributed by atoms with van der Waals surface area (Å²) >= 11 is 0. The van der Waals surface area contributed by atoms with Crippen molar-refractivity contribution in [1.82, 2.24) is 5.32 Å². The molecule has 1 atom stereocenters. The maximum atomic E-state index is 13.7. The van der Waals surface area contributed by atoms with Crippen molar-refractivity contribution in [3.8, 4) is 5.75 Å². The molecule has 0 saturated carbocycles. The molecule has 2 nitrogen and oxygen atoms in total. The Hall–Kier alpha value is -1.09. The zero-order chi connectivity index (χ0) is 14.1. The molecule has 1 N–H and O–H groups in total. The van der Waals surface area contributed by atoms with Crippen molar-refractivity contribution in [1.29, 1.82) is 0 Å². The standard InChI is InChI=1S/C16H26FNO/c1-4-5-6-7-8-13(2)18-12-14-9-10-15(19-3)11-16(14)17/h9-11,13,18H,4-8,12H2,1-3H3. The lowest BCUT2D eigenvalue weighted by Gasteiger charge is -2.14. The lowest BCUT2D eigenvalue weighted by atomic mass is 10.1. The molecule has 0 aromatic heterocycles. The maximum absolute atomic E-state index is 13.7. The maximum Gasteiger partial charge on any atom is 0.131 e. The van der Waals surface area contributed by atoms with Gasteiger partial charge in [0.25, 0.3) is 0 Å². The van der Waals surface area contributed by atoms with Crippen LogP contribution in [0.15, 0.2) is 18.2 Å². The minimum absolute atomic E-state index is 0.204. The third-order valence-corrected chi connectivity index (χ3v) is 3.39. The Balaban J connectivity index is 2.31. The van der Waals surface area contributed by atoms with E-state index in [1.807, 2.05) is 0 Å². The quantitative estimate of drug-likeness (QED) is 0.674. The van der Waals surface area contributed by atoms with Gasteiger partial charge in [0.05, 0.1) is 7.11 Å². The van der Waals surface area contributed by atoms with E-state index in [0.29, 0.717) is 23.9 Å². The average Bonchev–Trinajstić information content (AvgIpc) is 2.42. The number of methoxy groups -OCH3 is 1. The highest BCUT2D eigenvalue weighted by molar-refractivity contribution is 5.28. The lowest BCUT2D eigenvalue weighted by Crippen LogP contribution is -2.25. The summed E-state index contributed by atoms with van der Waals surface area (Å²) in [7, 11) is 1.55. The predicted molar refractivity (Wildman–Crippen MR) is 78.0 cm³/mol. The van der Waals surface area contributed by atoms with Crippen LogP contribution in [0.4, 0.5) is 4.39 Å². The first-order valence-corrected chi connectivity index (χ1v) is 7.23. The number of halogens is 1. The summed E-state index contributed by atoms with van der Waals surface area (Å²) in [4.78, 5) is 0. The van der Waals surface area contributed by atoms with Gasteiger partial charge in [-0.2, -0.15) is 0 Å². The summed E-state index contributed by atoms with van der Waals surface area (Å²) in [5, 5.41) is 3.37. The molecule has 0 bridgehead atoms. The summed E-state index contributed by atoms with van der Waals surface area (Å²) < 4.78 is 18.7. The van der Waals surface area contributed by atoms with Crippen molar-refractivity contribution < 1.29 is 9.13 Å². The molecule has 1 aromatic carbocycles. The van der Waals surface area contributed by atoms with Gasteiger partial charge in [-0.1, -0.05) is 38.7 Å². The Morgan fingerprint density at radius 2 is 2.05 bits per heavy atom. The number of benzene rings is 1. The summed E-state index contributed by atoms with van der Waals surface area (Å²) in [6, 6.07) is 5.44. The molecule has 1 rings (SSSR count). The summed E-state index contributed by atoms with van der Waals surface area (Å²) in [6.45, 7) is 4.95. The van der Waals surface area contributed by atoms with E-state index in [4.69, 9.17) is 4.74 Å². The molecule has 0 heterocycles. The second-order valence-electron chi connectivity index (χ2n) is 5.09. The van der Waals surface area contributed by atoms with Gasteiger partial charge in [0.1, 0.15) is 11.6 Å². The van der Waals surface area contributed by atoms with E-state index in [2.05, 4.69) is 19.2 Å². The molecule has 0 radical (unpaired) electrons. The van der Waals surface area contributed by atoms with E-state index < -0.39 is 0 Å². The van der Waals surface area contributed by atoms with Crippen LogP contribution in [0.25, 0.3) is 0 Å². The fourth-order valence-electron chi connectivity index (χ4n) is 2.06. The van der Waals surface area contributed by atoms with Crippen molar-refractivity contribution in [2.24, 2.45) is 0 Å². The van der Waals surface area contributed by atoms with Crippen LogP contribution in [-0.2, 0) is 6.54 Å². The van der Waals surface area contributed by atoms with Crippen LogP contribution < -0.4 is 10.1 Å². The molecule has 3 heteroatoms. The van der Waals surface area contributed by atoms with E-state index in [9.17, 15) is 4.39 Å². The van der Waals surface area contributed by atoms with Crippen LogP contribution in [0.5, 0.6) is 5.75 Å². The predicted octanol–water partition coefficient (Wildman–Crippen LogP) is 4.28. The largest absolute Gasteiger partial charge is 0.497 e. The molecule has 0 amide bonds. The van der Waals surface area contributed by atoms with Crippen LogP contribution in [0.3, 0.4) is 0 Å². The fourth-order valence-corrected chi connectivity index (χ4v) is 2.06. The molecule has 0 aliphatic carbocycles. The third-order valence-electron chi connectivity index (χ3n) is 3.39. The van der Waals surface area contributed by atoms with E-state index in [1.54, 1.807) is 19.2 Å². The second kappa shape index (κ2) is 8.92. The number of nitrogens with one attached hydrogen (secondary N) is 1. The van der Waals surface area contributed by atoms with Gasteiger partial charge in [0.15, 0.2) is 0 Å². The minimum Gasteiger partial charge on any atom is -0.497 e. The molecular formula is C16H26FNO. The Morgan fingerprint density at radius 1 is 1.26 bits per heavy atom. The van der Waals surface area contributed by atoms with Gasteiger partial charge in [-0.25, -0.2) is 4.39 Å². The van der Waals surface area contributed by atoms with Gasteiger partial charge in [0, 0.05) is 24.2 Å². The van der Waals surface area contributed by atoms with Crippen molar-refractivity contribution in [3.63, 3.8) is 0 Å². The average molecular weight is 267 g/mol. The highest BCUT2D eigenvalue weighted by Gasteiger charge is 2.06. The van der Waals surface area contributed by atoms with Crippen molar-refractivity contribution in [3.05, 3.63) is 29.6 Å². The number of rotatable bonds is 9. The number of ether oxygens (including phenoxy) is 1. The highest BCUT2D eigenvalue weighted by atomic mass is 19.1. The van der Waals surface area contributed by atoms with Crippen molar-refractivity contribution >= 4 is 0 Å². The fraction of sp³-hybridized carbons (Fsp3) is 0.625. The first-order valence-electron chi connectivity index (χ1n) is 7.23. The van der Waals surface area contributed by atoms with Crippen molar-refractivity contribution in [2.75, 3.05) is 7.11 Å². The molecule has 0 saturated heterocycles. The van der Waals surface area contributed by atoms with Crippen LogP contribution in [-0.4, -0.2) is 13.2 Å². The van der Waals surface area contributed by atoms with Gasteiger partial charge >= 0.3 is 0 Å². The Morgan fingerprint density at radius 3 is 2.68 bits per heavy atom. The van der Waals surface area contributed by atoms with Gasteiger partial charge < -0.3 is 10.1 Å². The molecule has 0 aliphatic rings. The molecule has 108 valence electrons. The molecule has 0 fully saturated rings. The normalized spacial score (nSPS) is 12.4. The van der Waals surface area contributed by atoms with Crippen molar-refractivity contribution in [2.45, 2.75) is 58.5 Å². The van der Waals surface area contributed by atoms with Crippen LogP contribution >= 0.6 is 0 Å². The summed E-state index contributed by atoms with van der Waals surface area (Å²) in [5.74, 6) is 0.360. The van der Waals surface area contributed by atoms with Crippen LogP contribution in [0, 0.1) is 5.82 Å². The number of hydrogen-bond acceptors (Lipinski definition) is 2. The summed E-state index contributed by atoms with van der Waals surface area (Å²) in [5.41, 5.74) is 0.696. The van der Waals surface area contributed by atoms with Crippen LogP contribution in [0.2, 0.25) is 0 Å². The zero-order valence-electron chi connectivity index (χ0n) is 12.3. The Labute approximate surface area is 116 Å². The van der Waals surface area contributed by atoms with Gasteiger partial charge in [-0.3, -0.25) is 0 Å². The molecule has 1 unspecified atom stereocenters. The number of hydrogen-bond donors (Lipinski definition) is 1. The van der Waals surface area contributed by atoms with Crippen LogP contribution in [0.1, 0.15) is 51.5 Å². The highest BCUT2D eigenvalue weighted by Crippen LogP contribution is 2.16. The minimum atomic E-state index is -0.204. The zero-order valence-corrected chi connectivity index (χ0v) is 12.3. The lowest BCUT2D eigenvalue weighted by molar-refractivity contribution is 0.410. The molecule has 0 spiro atoms. The second-order valence-corrected chi connectivity index (χ2v) is 5.09. The van der Waals surface area contributed by atoms with Gasteiger partial charge in [-0.15, -0.1) is 0 Å². The first-order chi connectivity index (χ1) is 9.17. The van der Waals surface area contributed by atoms with Gasteiger partial charge in [-0.05, 0) is 19.4 Å².